The highest BCUT2D eigenvalue weighted by molar-refractivity contribution is 4.58. The lowest BCUT2D eigenvalue weighted by atomic mass is 10.2. The van der Waals surface area contributed by atoms with E-state index in [0.717, 1.165) is 25.7 Å². The highest BCUT2D eigenvalue weighted by atomic mass is 19.4. The molecule has 0 aromatic heterocycles. The lowest BCUT2D eigenvalue weighted by molar-refractivity contribution is -0.143. The molecule has 0 saturated heterocycles. The van der Waals surface area contributed by atoms with Crippen molar-refractivity contribution >= 4 is 0 Å². The van der Waals surface area contributed by atoms with Crippen molar-refractivity contribution in [2.75, 3.05) is 26.7 Å². The quantitative estimate of drug-likeness (QED) is 0.654. The zero-order valence-electron chi connectivity index (χ0n) is 8.61. The minimum atomic E-state index is -4.08. The Bertz CT molecular complexity index is 137. The van der Waals surface area contributed by atoms with Crippen LogP contribution in [0.2, 0.25) is 0 Å². The van der Waals surface area contributed by atoms with Gasteiger partial charge in [-0.3, -0.25) is 4.90 Å². The zero-order valence-corrected chi connectivity index (χ0v) is 8.61. The van der Waals surface area contributed by atoms with Crippen LogP contribution in [0, 0.1) is 0 Å². The van der Waals surface area contributed by atoms with E-state index in [0.29, 0.717) is 13.1 Å². The summed E-state index contributed by atoms with van der Waals surface area (Å²) in [5.41, 5.74) is 5.29. The fourth-order valence-electron chi connectivity index (χ4n) is 1.26. The number of alkyl halides is 3. The monoisotopic (exact) mass is 212 g/mol. The summed E-state index contributed by atoms with van der Waals surface area (Å²) in [6, 6.07) is 0. The average molecular weight is 212 g/mol. The number of rotatable bonds is 7. The lowest BCUT2D eigenvalue weighted by Crippen LogP contribution is -2.31. The molecule has 0 aromatic carbocycles. The highest BCUT2D eigenvalue weighted by Gasteiger charge is 2.28. The molecule has 0 rings (SSSR count). The van der Waals surface area contributed by atoms with Gasteiger partial charge in [0, 0.05) is 0 Å². The molecule has 0 saturated carbocycles. The smallest absolute Gasteiger partial charge is 0.330 e. The maximum Gasteiger partial charge on any atom is 0.401 e. The van der Waals surface area contributed by atoms with Crippen LogP contribution in [0.4, 0.5) is 13.2 Å². The van der Waals surface area contributed by atoms with Crippen molar-refractivity contribution < 1.29 is 13.2 Å². The van der Waals surface area contributed by atoms with Crippen molar-refractivity contribution in [3.63, 3.8) is 0 Å². The molecule has 0 heterocycles. The van der Waals surface area contributed by atoms with Gasteiger partial charge in [0.15, 0.2) is 0 Å². The predicted octanol–water partition coefficient (Wildman–Crippen LogP) is 2.00. The molecule has 0 spiro atoms. The first kappa shape index (κ1) is 13.7. The van der Waals surface area contributed by atoms with Gasteiger partial charge in [-0.2, -0.15) is 13.2 Å². The van der Waals surface area contributed by atoms with Gasteiger partial charge in [-0.05, 0) is 33.0 Å². The first-order valence-electron chi connectivity index (χ1n) is 4.91. The number of nitrogens with two attached hydrogens (primary N) is 1. The third kappa shape index (κ3) is 9.80. The van der Waals surface area contributed by atoms with Gasteiger partial charge in [0.2, 0.25) is 0 Å². The van der Waals surface area contributed by atoms with Crippen LogP contribution in [0.5, 0.6) is 0 Å². The van der Waals surface area contributed by atoms with Gasteiger partial charge in [0.05, 0.1) is 6.54 Å². The zero-order chi connectivity index (χ0) is 11.0. The number of hydrogen-bond donors (Lipinski definition) is 1. The third-order valence-corrected chi connectivity index (χ3v) is 1.94. The van der Waals surface area contributed by atoms with Crippen molar-refractivity contribution in [3.05, 3.63) is 0 Å². The van der Waals surface area contributed by atoms with Gasteiger partial charge >= 0.3 is 6.18 Å². The van der Waals surface area contributed by atoms with E-state index in [9.17, 15) is 13.2 Å². The molecule has 0 aliphatic heterocycles. The summed E-state index contributed by atoms with van der Waals surface area (Å²) >= 11 is 0. The summed E-state index contributed by atoms with van der Waals surface area (Å²) < 4.78 is 35.6. The normalized spacial score (nSPS) is 12.4. The van der Waals surface area contributed by atoms with Crippen molar-refractivity contribution in [3.8, 4) is 0 Å². The van der Waals surface area contributed by atoms with Crippen LogP contribution in [0.1, 0.15) is 25.7 Å². The van der Waals surface area contributed by atoms with E-state index in [1.54, 1.807) is 0 Å². The van der Waals surface area contributed by atoms with Gasteiger partial charge in [0.1, 0.15) is 0 Å². The van der Waals surface area contributed by atoms with Crippen LogP contribution in [-0.4, -0.2) is 37.8 Å². The Kier molecular flexibility index (Phi) is 6.92. The van der Waals surface area contributed by atoms with Crippen LogP contribution in [-0.2, 0) is 0 Å². The molecule has 0 atom stereocenters. The Morgan fingerprint density at radius 3 is 2.14 bits per heavy atom. The molecule has 0 aliphatic rings. The SMILES string of the molecule is CN(CCCCCCN)CC(F)(F)F. The van der Waals surface area contributed by atoms with E-state index < -0.39 is 12.7 Å². The largest absolute Gasteiger partial charge is 0.401 e. The van der Waals surface area contributed by atoms with E-state index in [1.807, 2.05) is 0 Å². The van der Waals surface area contributed by atoms with E-state index >= 15 is 0 Å². The summed E-state index contributed by atoms with van der Waals surface area (Å²) in [5, 5.41) is 0. The molecule has 14 heavy (non-hydrogen) atoms. The fraction of sp³-hybridized carbons (Fsp3) is 1.00. The highest BCUT2D eigenvalue weighted by Crippen LogP contribution is 2.15. The van der Waals surface area contributed by atoms with Gasteiger partial charge in [-0.15, -0.1) is 0 Å². The van der Waals surface area contributed by atoms with Crippen LogP contribution < -0.4 is 5.73 Å². The van der Waals surface area contributed by atoms with Gasteiger partial charge in [0.25, 0.3) is 0 Å². The number of nitrogens with zero attached hydrogens (tertiary/aromatic N) is 1. The van der Waals surface area contributed by atoms with E-state index in [4.69, 9.17) is 5.73 Å². The molecule has 86 valence electrons. The van der Waals surface area contributed by atoms with E-state index in [2.05, 4.69) is 0 Å². The molecule has 0 bridgehead atoms. The molecular weight excluding hydrogens is 193 g/mol. The Morgan fingerprint density at radius 1 is 1.07 bits per heavy atom. The molecule has 2 N–H and O–H groups in total. The third-order valence-electron chi connectivity index (χ3n) is 1.94. The van der Waals surface area contributed by atoms with Crippen LogP contribution >= 0.6 is 0 Å². The second-order valence-corrected chi connectivity index (χ2v) is 3.56. The second kappa shape index (κ2) is 7.06. The lowest BCUT2D eigenvalue weighted by Gasteiger charge is -2.18. The Balaban J connectivity index is 3.31. The van der Waals surface area contributed by atoms with Crippen LogP contribution in [0.25, 0.3) is 0 Å². The molecule has 0 amide bonds. The Morgan fingerprint density at radius 2 is 1.64 bits per heavy atom. The molecule has 0 aromatic rings. The van der Waals surface area contributed by atoms with Crippen LogP contribution in [0.15, 0.2) is 0 Å². The van der Waals surface area contributed by atoms with Crippen molar-refractivity contribution in [1.29, 1.82) is 0 Å². The first-order chi connectivity index (χ1) is 6.45. The van der Waals surface area contributed by atoms with Crippen molar-refractivity contribution in [2.24, 2.45) is 5.73 Å². The maximum absolute atomic E-state index is 11.9. The minimum absolute atomic E-state index is 0.504. The number of halogens is 3. The first-order valence-corrected chi connectivity index (χ1v) is 4.91. The minimum Gasteiger partial charge on any atom is -0.330 e. The summed E-state index contributed by atoms with van der Waals surface area (Å²) in [6.45, 7) is 0.354. The average Bonchev–Trinajstić information content (AvgIpc) is 2.00. The maximum atomic E-state index is 11.9. The Labute approximate surface area is 83.3 Å². The summed E-state index contributed by atoms with van der Waals surface area (Å²) in [5.74, 6) is 0. The van der Waals surface area contributed by atoms with E-state index in [-0.39, 0.29) is 0 Å². The number of unbranched alkanes of at least 4 members (excludes halogenated alkanes) is 3. The fourth-order valence-corrected chi connectivity index (χ4v) is 1.26. The molecule has 0 unspecified atom stereocenters. The molecule has 5 heteroatoms. The molecule has 0 fully saturated rings. The van der Waals surface area contributed by atoms with Gasteiger partial charge in [-0.25, -0.2) is 0 Å². The summed E-state index contributed by atoms with van der Waals surface area (Å²) in [6.07, 6.45) is -0.336. The van der Waals surface area contributed by atoms with Crippen molar-refractivity contribution in [2.45, 2.75) is 31.9 Å². The van der Waals surface area contributed by atoms with Gasteiger partial charge in [-0.1, -0.05) is 12.8 Å². The number of hydrogen-bond acceptors (Lipinski definition) is 2. The molecular formula is C9H19F3N2. The topological polar surface area (TPSA) is 29.3 Å². The molecule has 2 nitrogen and oxygen atoms in total. The molecule has 0 radical (unpaired) electrons. The summed E-state index contributed by atoms with van der Waals surface area (Å²) in [4.78, 5) is 1.31. The van der Waals surface area contributed by atoms with Crippen LogP contribution in [0.3, 0.4) is 0 Å². The molecule has 0 aliphatic carbocycles. The van der Waals surface area contributed by atoms with Gasteiger partial charge < -0.3 is 5.73 Å². The standard InChI is InChI=1S/C9H19F3N2/c1-14(8-9(10,11)12)7-5-3-2-4-6-13/h2-8,13H2,1H3. The Hall–Kier alpha value is -0.290. The second-order valence-electron chi connectivity index (χ2n) is 3.56. The van der Waals surface area contributed by atoms with E-state index in [1.165, 1.54) is 11.9 Å². The summed E-state index contributed by atoms with van der Waals surface area (Å²) in [7, 11) is 1.50. The predicted molar refractivity (Wildman–Crippen MR) is 51.1 cm³/mol. The van der Waals surface area contributed by atoms with Crippen molar-refractivity contribution in [1.82, 2.24) is 4.90 Å².